The third kappa shape index (κ3) is 2.82. The molecule has 0 unspecified atom stereocenters. The maximum atomic E-state index is 11.4. The van der Waals surface area contributed by atoms with Crippen LogP contribution in [0.25, 0.3) is 0 Å². The van der Waals surface area contributed by atoms with Crippen LogP contribution in [0.3, 0.4) is 0 Å². The van der Waals surface area contributed by atoms with Gasteiger partial charge in [0.25, 0.3) is 0 Å². The molecular formula is C12H16N2O2. The van der Waals surface area contributed by atoms with Crippen LogP contribution in [0.4, 0.5) is 5.69 Å². The maximum Gasteiger partial charge on any atom is 0.313 e. The quantitative estimate of drug-likeness (QED) is 0.740. The predicted octanol–water partition coefficient (Wildman–Crippen LogP) is 1.38. The van der Waals surface area contributed by atoms with Gasteiger partial charge in [0.05, 0.1) is 0 Å². The van der Waals surface area contributed by atoms with Gasteiger partial charge in [-0.3, -0.25) is 9.59 Å². The zero-order valence-corrected chi connectivity index (χ0v) is 9.76. The Balaban J connectivity index is 2.77. The number of nitrogens with one attached hydrogen (secondary N) is 2. The summed E-state index contributed by atoms with van der Waals surface area (Å²) >= 11 is 0. The Kier molecular flexibility index (Phi) is 4.05. The molecule has 0 fully saturated rings. The molecule has 4 nitrogen and oxygen atoms in total. The Bertz CT molecular complexity index is 413. The lowest BCUT2D eigenvalue weighted by molar-refractivity contribution is -0.136. The highest BCUT2D eigenvalue weighted by atomic mass is 16.2. The first-order valence-electron chi connectivity index (χ1n) is 5.21. The fourth-order valence-corrected chi connectivity index (χ4v) is 1.31. The van der Waals surface area contributed by atoms with Gasteiger partial charge in [-0.05, 0) is 38.0 Å². The first-order chi connectivity index (χ1) is 7.56. The van der Waals surface area contributed by atoms with Gasteiger partial charge in [-0.2, -0.15) is 0 Å². The van der Waals surface area contributed by atoms with Crippen molar-refractivity contribution in [3.8, 4) is 0 Å². The molecule has 0 atom stereocenters. The van der Waals surface area contributed by atoms with Crippen LogP contribution in [0.15, 0.2) is 18.2 Å². The van der Waals surface area contributed by atoms with Crippen LogP contribution in [0, 0.1) is 13.8 Å². The van der Waals surface area contributed by atoms with Crippen molar-refractivity contribution in [3.63, 3.8) is 0 Å². The van der Waals surface area contributed by atoms with Crippen LogP contribution in [-0.4, -0.2) is 18.4 Å². The highest BCUT2D eigenvalue weighted by Gasteiger charge is 2.13. The van der Waals surface area contributed by atoms with Gasteiger partial charge in [-0.1, -0.05) is 12.1 Å². The predicted molar refractivity (Wildman–Crippen MR) is 63.2 cm³/mol. The summed E-state index contributed by atoms with van der Waals surface area (Å²) in [7, 11) is 0. The van der Waals surface area contributed by atoms with Crippen molar-refractivity contribution in [2.24, 2.45) is 0 Å². The van der Waals surface area contributed by atoms with Crippen molar-refractivity contribution in [2.45, 2.75) is 20.8 Å². The van der Waals surface area contributed by atoms with E-state index in [1.165, 1.54) is 0 Å². The number of benzene rings is 1. The highest BCUT2D eigenvalue weighted by molar-refractivity contribution is 6.39. The molecule has 0 aliphatic heterocycles. The smallest absolute Gasteiger partial charge is 0.313 e. The Labute approximate surface area is 95.0 Å². The van der Waals surface area contributed by atoms with Gasteiger partial charge in [0.1, 0.15) is 0 Å². The molecule has 0 spiro atoms. The average molecular weight is 220 g/mol. The summed E-state index contributed by atoms with van der Waals surface area (Å²) in [5, 5.41) is 5.03. The number of rotatable bonds is 2. The summed E-state index contributed by atoms with van der Waals surface area (Å²) in [6.07, 6.45) is 0. The summed E-state index contributed by atoms with van der Waals surface area (Å²) < 4.78 is 0. The van der Waals surface area contributed by atoms with E-state index in [0.29, 0.717) is 12.2 Å². The van der Waals surface area contributed by atoms with Crippen LogP contribution >= 0.6 is 0 Å². The van der Waals surface area contributed by atoms with Gasteiger partial charge in [0.2, 0.25) is 0 Å². The molecule has 0 aliphatic rings. The third-order valence-corrected chi connectivity index (χ3v) is 2.40. The lowest BCUT2D eigenvalue weighted by atomic mass is 10.1. The van der Waals surface area contributed by atoms with Crippen molar-refractivity contribution < 1.29 is 9.59 Å². The van der Waals surface area contributed by atoms with Crippen molar-refractivity contribution in [1.29, 1.82) is 0 Å². The molecule has 0 aliphatic carbocycles. The molecule has 0 heterocycles. The van der Waals surface area contributed by atoms with E-state index < -0.39 is 11.8 Å². The summed E-state index contributed by atoms with van der Waals surface area (Å²) in [5.74, 6) is -1.24. The van der Waals surface area contributed by atoms with Crippen molar-refractivity contribution in [1.82, 2.24) is 5.32 Å². The molecule has 2 N–H and O–H groups in total. The van der Waals surface area contributed by atoms with Crippen molar-refractivity contribution >= 4 is 17.5 Å². The minimum Gasteiger partial charge on any atom is -0.348 e. The van der Waals surface area contributed by atoms with E-state index in [9.17, 15) is 9.59 Å². The van der Waals surface area contributed by atoms with Gasteiger partial charge in [-0.15, -0.1) is 0 Å². The number of carbonyl (C=O) groups excluding carboxylic acids is 2. The summed E-state index contributed by atoms with van der Waals surface area (Å²) in [6.45, 7) is 6.07. The van der Waals surface area contributed by atoms with Crippen LogP contribution in [0.5, 0.6) is 0 Å². The van der Waals surface area contributed by atoms with Gasteiger partial charge < -0.3 is 10.6 Å². The monoisotopic (exact) mass is 220 g/mol. The van der Waals surface area contributed by atoms with Crippen LogP contribution in [0.1, 0.15) is 18.1 Å². The molecule has 1 rings (SSSR count). The van der Waals surface area contributed by atoms with Gasteiger partial charge in [0, 0.05) is 12.2 Å². The van der Waals surface area contributed by atoms with E-state index >= 15 is 0 Å². The average Bonchev–Trinajstić information content (AvgIpc) is 2.25. The number of amides is 2. The van der Waals surface area contributed by atoms with E-state index in [1.54, 1.807) is 13.0 Å². The van der Waals surface area contributed by atoms with E-state index in [4.69, 9.17) is 0 Å². The number of aryl methyl sites for hydroxylation is 1. The molecule has 16 heavy (non-hydrogen) atoms. The Morgan fingerprint density at radius 1 is 1.19 bits per heavy atom. The largest absolute Gasteiger partial charge is 0.348 e. The third-order valence-electron chi connectivity index (χ3n) is 2.40. The summed E-state index contributed by atoms with van der Waals surface area (Å²) in [6, 6.07) is 5.58. The second kappa shape index (κ2) is 5.30. The van der Waals surface area contributed by atoms with Crippen molar-refractivity contribution in [2.75, 3.05) is 11.9 Å². The Morgan fingerprint density at radius 2 is 1.88 bits per heavy atom. The van der Waals surface area contributed by atoms with Crippen LogP contribution in [-0.2, 0) is 9.59 Å². The van der Waals surface area contributed by atoms with E-state index in [2.05, 4.69) is 10.6 Å². The molecule has 0 saturated heterocycles. The van der Waals surface area contributed by atoms with E-state index in [0.717, 1.165) is 11.1 Å². The first-order valence-corrected chi connectivity index (χ1v) is 5.21. The molecule has 1 aromatic rings. The molecule has 4 heteroatoms. The van der Waals surface area contributed by atoms with Crippen LogP contribution < -0.4 is 10.6 Å². The Hall–Kier alpha value is -1.84. The minimum absolute atomic E-state index is 0.444. The first kappa shape index (κ1) is 12.2. The number of likely N-dealkylation sites (N-methyl/N-ethyl adjacent to an activating group) is 1. The number of anilines is 1. The second-order valence-corrected chi connectivity index (χ2v) is 3.56. The highest BCUT2D eigenvalue weighted by Crippen LogP contribution is 2.17. The summed E-state index contributed by atoms with van der Waals surface area (Å²) in [4.78, 5) is 22.7. The zero-order valence-electron chi connectivity index (χ0n) is 9.76. The maximum absolute atomic E-state index is 11.4. The molecule has 0 radical (unpaired) electrons. The molecule has 0 bridgehead atoms. The fourth-order valence-electron chi connectivity index (χ4n) is 1.31. The number of hydrogen-bond acceptors (Lipinski definition) is 2. The molecular weight excluding hydrogens is 204 g/mol. The summed E-state index contributed by atoms with van der Waals surface area (Å²) in [5.41, 5.74) is 2.73. The normalized spacial score (nSPS) is 9.69. The standard InChI is InChI=1S/C12H16N2O2/c1-4-13-11(15)12(16)14-10-7-5-6-8(2)9(10)3/h5-7H,4H2,1-3H3,(H,13,15)(H,14,16). The number of hydrogen-bond donors (Lipinski definition) is 2. The van der Waals surface area contributed by atoms with Gasteiger partial charge >= 0.3 is 11.8 Å². The molecule has 86 valence electrons. The molecule has 0 saturated carbocycles. The van der Waals surface area contributed by atoms with Crippen molar-refractivity contribution in [3.05, 3.63) is 29.3 Å². The Morgan fingerprint density at radius 3 is 2.50 bits per heavy atom. The molecule has 2 amide bonds. The lowest BCUT2D eigenvalue weighted by Crippen LogP contribution is -2.35. The van der Waals surface area contributed by atoms with Gasteiger partial charge in [0.15, 0.2) is 0 Å². The van der Waals surface area contributed by atoms with Gasteiger partial charge in [-0.25, -0.2) is 0 Å². The lowest BCUT2D eigenvalue weighted by Gasteiger charge is -2.09. The zero-order chi connectivity index (χ0) is 12.1. The molecule has 1 aromatic carbocycles. The van der Waals surface area contributed by atoms with E-state index in [-0.39, 0.29) is 0 Å². The van der Waals surface area contributed by atoms with Crippen LogP contribution in [0.2, 0.25) is 0 Å². The minimum atomic E-state index is -0.629. The molecule has 0 aromatic heterocycles. The second-order valence-electron chi connectivity index (χ2n) is 3.56. The SMILES string of the molecule is CCNC(=O)C(=O)Nc1cccc(C)c1C. The van der Waals surface area contributed by atoms with E-state index in [1.807, 2.05) is 26.0 Å². The fraction of sp³-hybridized carbons (Fsp3) is 0.333. The topological polar surface area (TPSA) is 58.2 Å². The number of carbonyl (C=O) groups is 2.